The molecule has 1 aromatic carbocycles. The molecule has 19 heavy (non-hydrogen) atoms. The summed E-state index contributed by atoms with van der Waals surface area (Å²) >= 11 is 7.95. The molecule has 102 valence electrons. The Morgan fingerprint density at radius 3 is 2.79 bits per heavy atom. The van der Waals surface area contributed by atoms with Gasteiger partial charge in [-0.25, -0.2) is 0 Å². The first kappa shape index (κ1) is 14.4. The second-order valence-electron chi connectivity index (χ2n) is 4.40. The minimum absolute atomic E-state index is 0.791. The van der Waals surface area contributed by atoms with Gasteiger partial charge in [-0.2, -0.15) is 0 Å². The van der Waals surface area contributed by atoms with E-state index in [4.69, 9.17) is 11.6 Å². The minimum atomic E-state index is 0.791. The monoisotopic (exact) mass is 294 g/mol. The molecule has 0 unspecified atom stereocenters. The molecule has 2 aromatic rings. The molecule has 0 spiro atoms. The summed E-state index contributed by atoms with van der Waals surface area (Å²) in [6.45, 7) is 4.94. The van der Waals surface area contributed by atoms with Gasteiger partial charge in [-0.05, 0) is 43.1 Å². The van der Waals surface area contributed by atoms with Crippen LogP contribution < -0.4 is 10.2 Å². The Labute approximate surface area is 124 Å². The number of hydrogen-bond donors (Lipinski definition) is 1. The minimum Gasteiger partial charge on any atom is -0.366 e. The van der Waals surface area contributed by atoms with Crippen molar-refractivity contribution in [3.63, 3.8) is 0 Å². The van der Waals surface area contributed by atoms with Gasteiger partial charge in [0.15, 0.2) is 0 Å². The van der Waals surface area contributed by atoms with Crippen LogP contribution in [-0.4, -0.2) is 13.6 Å². The summed E-state index contributed by atoms with van der Waals surface area (Å²) in [6.07, 6.45) is 0. The number of rotatable bonds is 6. The highest BCUT2D eigenvalue weighted by Crippen LogP contribution is 2.27. The highest BCUT2D eigenvalue weighted by Gasteiger charge is 2.11. The summed E-state index contributed by atoms with van der Waals surface area (Å²) in [5.74, 6) is 0. The molecule has 0 atom stereocenters. The summed E-state index contributed by atoms with van der Waals surface area (Å²) < 4.78 is 0. The summed E-state index contributed by atoms with van der Waals surface area (Å²) in [6, 6.07) is 10.4. The van der Waals surface area contributed by atoms with Crippen molar-refractivity contribution < 1.29 is 0 Å². The largest absolute Gasteiger partial charge is 0.366 e. The maximum Gasteiger partial charge on any atom is 0.0522 e. The molecule has 0 aliphatic carbocycles. The molecule has 0 amide bonds. The lowest BCUT2D eigenvalue weighted by molar-refractivity contribution is 0.788. The molecule has 1 heterocycles. The lowest BCUT2D eigenvalue weighted by Gasteiger charge is -2.25. The second kappa shape index (κ2) is 6.94. The molecule has 0 aliphatic rings. The first-order valence-electron chi connectivity index (χ1n) is 6.45. The van der Waals surface area contributed by atoms with Gasteiger partial charge in [0.05, 0.1) is 6.54 Å². The molecule has 1 aromatic heterocycles. The second-order valence-corrected chi connectivity index (χ2v) is 5.87. The van der Waals surface area contributed by atoms with Gasteiger partial charge in [0, 0.05) is 28.7 Å². The van der Waals surface area contributed by atoms with Crippen molar-refractivity contribution in [1.82, 2.24) is 5.32 Å². The molecule has 4 heteroatoms. The molecule has 2 rings (SSSR count). The fourth-order valence-corrected chi connectivity index (χ4v) is 3.02. The summed E-state index contributed by atoms with van der Waals surface area (Å²) in [5, 5.41) is 6.13. The summed E-state index contributed by atoms with van der Waals surface area (Å²) in [5.41, 5.74) is 2.50. The van der Waals surface area contributed by atoms with Gasteiger partial charge in [0.1, 0.15) is 0 Å². The first-order valence-corrected chi connectivity index (χ1v) is 7.70. The third kappa shape index (κ3) is 3.72. The molecule has 0 fully saturated rings. The van der Waals surface area contributed by atoms with E-state index in [2.05, 4.69) is 46.8 Å². The van der Waals surface area contributed by atoms with Gasteiger partial charge < -0.3 is 10.2 Å². The Kier molecular flexibility index (Phi) is 5.25. The first-order chi connectivity index (χ1) is 9.24. The molecular formula is C15H19ClN2S. The van der Waals surface area contributed by atoms with E-state index < -0.39 is 0 Å². The quantitative estimate of drug-likeness (QED) is 0.861. The van der Waals surface area contributed by atoms with Gasteiger partial charge in [-0.3, -0.25) is 0 Å². The van der Waals surface area contributed by atoms with Gasteiger partial charge in [-0.15, -0.1) is 11.3 Å². The number of nitrogens with zero attached hydrogens (tertiary/aromatic N) is 1. The Bertz CT molecular complexity index is 511. The topological polar surface area (TPSA) is 15.3 Å². The Morgan fingerprint density at radius 1 is 1.32 bits per heavy atom. The van der Waals surface area contributed by atoms with Gasteiger partial charge in [-0.1, -0.05) is 23.7 Å². The fourth-order valence-electron chi connectivity index (χ4n) is 2.13. The lowest BCUT2D eigenvalue weighted by atomic mass is 10.1. The predicted molar refractivity (Wildman–Crippen MR) is 85.3 cm³/mol. The number of nitrogens with one attached hydrogen (secondary N) is 1. The van der Waals surface area contributed by atoms with Gasteiger partial charge in [0.2, 0.25) is 0 Å². The Balaban J connectivity index is 2.28. The molecule has 0 bridgehead atoms. The molecule has 0 saturated heterocycles. The van der Waals surface area contributed by atoms with Crippen molar-refractivity contribution in [2.45, 2.75) is 20.0 Å². The Morgan fingerprint density at radius 2 is 2.16 bits per heavy atom. The van der Waals surface area contributed by atoms with E-state index in [0.29, 0.717) is 0 Å². The van der Waals surface area contributed by atoms with E-state index >= 15 is 0 Å². The molecule has 0 radical (unpaired) electrons. The van der Waals surface area contributed by atoms with Crippen LogP contribution in [0.2, 0.25) is 5.02 Å². The molecule has 2 nitrogen and oxygen atoms in total. The van der Waals surface area contributed by atoms with Crippen LogP contribution >= 0.6 is 22.9 Å². The van der Waals surface area contributed by atoms with Crippen LogP contribution in [0.5, 0.6) is 0 Å². The number of halogens is 1. The average Bonchev–Trinajstić information content (AvgIpc) is 2.91. The molecular weight excluding hydrogens is 276 g/mol. The van der Waals surface area contributed by atoms with Crippen LogP contribution in [-0.2, 0) is 13.1 Å². The van der Waals surface area contributed by atoms with Crippen LogP contribution in [0.4, 0.5) is 5.69 Å². The van der Waals surface area contributed by atoms with Crippen molar-refractivity contribution in [3.05, 3.63) is 51.2 Å². The van der Waals surface area contributed by atoms with Crippen LogP contribution in [0.3, 0.4) is 0 Å². The Hall–Kier alpha value is -1.03. The zero-order chi connectivity index (χ0) is 13.7. The summed E-state index contributed by atoms with van der Waals surface area (Å²) in [4.78, 5) is 3.74. The maximum absolute atomic E-state index is 6.16. The van der Waals surface area contributed by atoms with E-state index in [-0.39, 0.29) is 0 Å². The summed E-state index contributed by atoms with van der Waals surface area (Å²) in [7, 11) is 1.97. The van der Waals surface area contributed by atoms with Gasteiger partial charge in [0.25, 0.3) is 0 Å². The normalized spacial score (nSPS) is 10.7. The predicted octanol–water partition coefficient (Wildman–Crippen LogP) is 4.15. The van der Waals surface area contributed by atoms with E-state index in [1.165, 1.54) is 16.1 Å². The van der Waals surface area contributed by atoms with E-state index in [1.54, 1.807) is 11.3 Å². The van der Waals surface area contributed by atoms with E-state index in [0.717, 1.165) is 24.7 Å². The number of anilines is 1. The highest BCUT2D eigenvalue weighted by molar-refractivity contribution is 7.09. The van der Waals surface area contributed by atoms with Crippen molar-refractivity contribution in [1.29, 1.82) is 0 Å². The third-order valence-corrected chi connectivity index (χ3v) is 4.16. The van der Waals surface area contributed by atoms with Crippen LogP contribution in [0, 0.1) is 0 Å². The third-order valence-electron chi connectivity index (χ3n) is 3.06. The van der Waals surface area contributed by atoms with Crippen molar-refractivity contribution >= 4 is 28.6 Å². The fraction of sp³-hybridized carbons (Fsp3) is 0.333. The molecule has 0 aliphatic heterocycles. The average molecular weight is 295 g/mol. The van der Waals surface area contributed by atoms with Crippen molar-refractivity contribution in [3.8, 4) is 0 Å². The SMILES string of the molecule is CCN(Cc1cccs1)c1cc(Cl)ccc1CNC. The van der Waals surface area contributed by atoms with Crippen LogP contribution in [0.25, 0.3) is 0 Å². The van der Waals surface area contributed by atoms with Crippen LogP contribution in [0.1, 0.15) is 17.4 Å². The number of hydrogen-bond acceptors (Lipinski definition) is 3. The van der Waals surface area contributed by atoms with E-state index in [1.807, 2.05) is 13.1 Å². The van der Waals surface area contributed by atoms with Gasteiger partial charge >= 0.3 is 0 Å². The smallest absolute Gasteiger partial charge is 0.0522 e. The maximum atomic E-state index is 6.16. The highest BCUT2D eigenvalue weighted by atomic mass is 35.5. The number of benzene rings is 1. The number of thiophene rings is 1. The zero-order valence-corrected chi connectivity index (χ0v) is 12.9. The zero-order valence-electron chi connectivity index (χ0n) is 11.3. The van der Waals surface area contributed by atoms with Crippen molar-refractivity contribution in [2.75, 3.05) is 18.5 Å². The van der Waals surface area contributed by atoms with Crippen LogP contribution in [0.15, 0.2) is 35.7 Å². The van der Waals surface area contributed by atoms with Crippen molar-refractivity contribution in [2.24, 2.45) is 0 Å². The lowest BCUT2D eigenvalue weighted by Crippen LogP contribution is -2.23. The standard InChI is InChI=1S/C15H19ClN2S/c1-3-18(11-14-5-4-8-19-14)15-9-13(16)7-6-12(15)10-17-2/h4-9,17H,3,10-11H2,1-2H3. The molecule has 0 saturated carbocycles. The van der Waals surface area contributed by atoms with E-state index in [9.17, 15) is 0 Å². The molecule has 1 N–H and O–H groups in total.